The molecule has 0 radical (unpaired) electrons. The highest BCUT2D eigenvalue weighted by Crippen LogP contribution is 2.31. The van der Waals surface area contributed by atoms with Gasteiger partial charge in [0.15, 0.2) is 0 Å². The lowest BCUT2D eigenvalue weighted by atomic mass is 9.80. The van der Waals surface area contributed by atoms with Crippen molar-refractivity contribution in [2.75, 3.05) is 0 Å². The number of imidazole rings is 1. The van der Waals surface area contributed by atoms with Crippen molar-refractivity contribution >= 4 is 16.9 Å². The zero-order valence-electron chi connectivity index (χ0n) is 15.2. The van der Waals surface area contributed by atoms with Crippen LogP contribution in [0.3, 0.4) is 0 Å². The molecule has 0 bridgehead atoms. The fourth-order valence-electron chi connectivity index (χ4n) is 3.97. The minimum atomic E-state index is -0.271. The van der Waals surface area contributed by atoms with Gasteiger partial charge in [0.25, 0.3) is 0 Å². The summed E-state index contributed by atoms with van der Waals surface area (Å²) in [6, 6.07) is 14.6. The van der Waals surface area contributed by atoms with Crippen molar-refractivity contribution in [2.45, 2.75) is 38.6 Å². The van der Waals surface area contributed by atoms with E-state index in [1.807, 2.05) is 24.3 Å². The number of para-hydroxylation sites is 2. The van der Waals surface area contributed by atoms with Gasteiger partial charge in [-0.2, -0.15) is 0 Å². The van der Waals surface area contributed by atoms with Gasteiger partial charge in [0.1, 0.15) is 11.6 Å². The number of carbonyl (C=O) groups excluding carboxylic acids is 1. The largest absolute Gasteiger partial charge is 0.352 e. The summed E-state index contributed by atoms with van der Waals surface area (Å²) in [4.78, 5) is 20.5. The third kappa shape index (κ3) is 4.18. The van der Waals surface area contributed by atoms with Crippen LogP contribution in [0.2, 0.25) is 0 Å². The van der Waals surface area contributed by atoms with Gasteiger partial charge in [-0.3, -0.25) is 4.79 Å². The molecule has 5 heteroatoms. The molecule has 2 aromatic carbocycles. The molecule has 1 aliphatic carbocycles. The number of aromatic nitrogens is 2. The number of nitrogens with zero attached hydrogens (tertiary/aromatic N) is 1. The standard InChI is InChI=1S/C22H24FN3O/c23-18-6-2-1-5-17(18)14-24-22(27)16-11-9-15(10-12-16)13-21-25-19-7-3-4-8-20(19)26-21/h1-8,15-16H,9-14H2,(H,24,27)(H,25,26). The number of hydrogen-bond acceptors (Lipinski definition) is 2. The first-order chi connectivity index (χ1) is 13.2. The number of amides is 1. The van der Waals surface area contributed by atoms with Gasteiger partial charge in [0.05, 0.1) is 11.0 Å². The van der Waals surface area contributed by atoms with E-state index in [4.69, 9.17) is 0 Å². The Balaban J connectivity index is 1.27. The highest BCUT2D eigenvalue weighted by molar-refractivity contribution is 5.78. The van der Waals surface area contributed by atoms with E-state index in [1.165, 1.54) is 6.07 Å². The van der Waals surface area contributed by atoms with Crippen molar-refractivity contribution < 1.29 is 9.18 Å². The smallest absolute Gasteiger partial charge is 0.223 e. The normalized spacial score (nSPS) is 19.9. The molecular formula is C22H24FN3O. The summed E-state index contributed by atoms with van der Waals surface area (Å²) in [5, 5.41) is 2.89. The molecule has 1 heterocycles. The average molecular weight is 365 g/mol. The number of carbonyl (C=O) groups is 1. The summed E-state index contributed by atoms with van der Waals surface area (Å²) in [5.41, 5.74) is 2.62. The second-order valence-electron chi connectivity index (χ2n) is 7.43. The monoisotopic (exact) mass is 365 g/mol. The Hall–Kier alpha value is -2.69. The van der Waals surface area contributed by atoms with Crippen LogP contribution in [0, 0.1) is 17.7 Å². The lowest BCUT2D eigenvalue weighted by Gasteiger charge is -2.27. The summed E-state index contributed by atoms with van der Waals surface area (Å²) < 4.78 is 13.7. The van der Waals surface area contributed by atoms with E-state index in [2.05, 4.69) is 15.3 Å². The second kappa shape index (κ2) is 7.91. The summed E-state index contributed by atoms with van der Waals surface area (Å²) in [5.74, 6) is 1.39. The molecule has 3 aromatic rings. The molecule has 0 unspecified atom stereocenters. The van der Waals surface area contributed by atoms with Crippen LogP contribution < -0.4 is 5.32 Å². The van der Waals surface area contributed by atoms with Crippen LogP contribution in [0.15, 0.2) is 48.5 Å². The molecule has 0 atom stereocenters. The Kier molecular flexibility index (Phi) is 5.19. The Morgan fingerprint density at radius 1 is 1.07 bits per heavy atom. The predicted octanol–water partition coefficient (Wildman–Crippen LogP) is 4.37. The van der Waals surface area contributed by atoms with Crippen LogP contribution >= 0.6 is 0 Å². The second-order valence-corrected chi connectivity index (χ2v) is 7.43. The lowest BCUT2D eigenvalue weighted by molar-refractivity contribution is -0.126. The van der Waals surface area contributed by atoms with Gasteiger partial charge in [-0.1, -0.05) is 30.3 Å². The number of aromatic amines is 1. The molecule has 140 valence electrons. The third-order valence-electron chi connectivity index (χ3n) is 5.55. The first-order valence-corrected chi connectivity index (χ1v) is 9.64. The van der Waals surface area contributed by atoms with E-state index in [9.17, 15) is 9.18 Å². The van der Waals surface area contributed by atoms with Gasteiger partial charge < -0.3 is 10.3 Å². The minimum absolute atomic E-state index is 0.0312. The van der Waals surface area contributed by atoms with Crippen molar-refractivity contribution in [3.05, 3.63) is 65.7 Å². The molecule has 27 heavy (non-hydrogen) atoms. The van der Waals surface area contributed by atoms with Crippen LogP contribution in [0.25, 0.3) is 11.0 Å². The molecule has 1 aliphatic rings. The number of fused-ring (bicyclic) bond motifs is 1. The molecule has 1 saturated carbocycles. The third-order valence-corrected chi connectivity index (χ3v) is 5.55. The van der Waals surface area contributed by atoms with E-state index < -0.39 is 0 Å². The van der Waals surface area contributed by atoms with E-state index >= 15 is 0 Å². The van der Waals surface area contributed by atoms with Gasteiger partial charge in [-0.25, -0.2) is 9.37 Å². The Morgan fingerprint density at radius 2 is 1.81 bits per heavy atom. The van der Waals surface area contributed by atoms with Crippen LogP contribution in [0.5, 0.6) is 0 Å². The quantitative estimate of drug-likeness (QED) is 0.705. The predicted molar refractivity (Wildman–Crippen MR) is 103 cm³/mol. The van der Waals surface area contributed by atoms with E-state index in [0.717, 1.165) is 49.0 Å². The first kappa shape index (κ1) is 17.7. The number of benzene rings is 2. The van der Waals surface area contributed by atoms with E-state index in [-0.39, 0.29) is 24.2 Å². The number of H-pyrrole nitrogens is 1. The maximum Gasteiger partial charge on any atom is 0.223 e. The number of halogens is 1. The van der Waals surface area contributed by atoms with Crippen molar-refractivity contribution in [2.24, 2.45) is 11.8 Å². The SMILES string of the molecule is O=C(NCc1ccccc1F)C1CCC(Cc2nc3ccccc3[nH]2)CC1. The summed E-state index contributed by atoms with van der Waals surface area (Å²) >= 11 is 0. The Morgan fingerprint density at radius 3 is 2.59 bits per heavy atom. The highest BCUT2D eigenvalue weighted by atomic mass is 19.1. The molecule has 1 fully saturated rings. The average Bonchev–Trinajstić information content (AvgIpc) is 3.10. The maximum atomic E-state index is 13.7. The first-order valence-electron chi connectivity index (χ1n) is 9.64. The van der Waals surface area contributed by atoms with Crippen molar-refractivity contribution in [3.8, 4) is 0 Å². The molecule has 2 N–H and O–H groups in total. The topological polar surface area (TPSA) is 57.8 Å². The van der Waals surface area contributed by atoms with Crippen LogP contribution in [0.4, 0.5) is 4.39 Å². The van der Waals surface area contributed by atoms with Crippen molar-refractivity contribution in [1.82, 2.24) is 15.3 Å². The Bertz CT molecular complexity index is 895. The van der Waals surface area contributed by atoms with Gasteiger partial charge in [-0.15, -0.1) is 0 Å². The summed E-state index contributed by atoms with van der Waals surface area (Å²) in [6.45, 7) is 0.254. The molecule has 0 spiro atoms. The Labute approximate surface area is 158 Å². The molecule has 1 aromatic heterocycles. The van der Waals surface area contributed by atoms with Gasteiger partial charge in [0, 0.05) is 24.4 Å². The summed E-state index contributed by atoms with van der Waals surface area (Å²) in [6.07, 6.45) is 4.74. The molecule has 1 amide bonds. The van der Waals surface area contributed by atoms with E-state index in [0.29, 0.717) is 11.5 Å². The number of rotatable bonds is 5. The molecule has 4 rings (SSSR count). The highest BCUT2D eigenvalue weighted by Gasteiger charge is 2.27. The summed E-state index contributed by atoms with van der Waals surface area (Å²) in [7, 11) is 0. The molecule has 0 aliphatic heterocycles. The molecule has 0 saturated heterocycles. The lowest BCUT2D eigenvalue weighted by Crippen LogP contribution is -2.33. The van der Waals surface area contributed by atoms with Crippen molar-refractivity contribution in [3.63, 3.8) is 0 Å². The van der Waals surface area contributed by atoms with Crippen LogP contribution in [-0.4, -0.2) is 15.9 Å². The van der Waals surface area contributed by atoms with Gasteiger partial charge in [0.2, 0.25) is 5.91 Å². The zero-order valence-corrected chi connectivity index (χ0v) is 15.2. The fraction of sp³-hybridized carbons (Fsp3) is 0.364. The van der Waals surface area contributed by atoms with Crippen LogP contribution in [-0.2, 0) is 17.8 Å². The number of hydrogen-bond donors (Lipinski definition) is 2. The number of nitrogens with one attached hydrogen (secondary N) is 2. The maximum absolute atomic E-state index is 13.7. The molecular weight excluding hydrogens is 341 g/mol. The van der Waals surface area contributed by atoms with Gasteiger partial charge >= 0.3 is 0 Å². The zero-order chi connectivity index (χ0) is 18.6. The molecule has 4 nitrogen and oxygen atoms in total. The van der Waals surface area contributed by atoms with Gasteiger partial charge in [-0.05, 0) is 49.8 Å². The minimum Gasteiger partial charge on any atom is -0.352 e. The fourth-order valence-corrected chi connectivity index (χ4v) is 3.97. The van der Waals surface area contributed by atoms with Crippen LogP contribution in [0.1, 0.15) is 37.1 Å². The van der Waals surface area contributed by atoms with E-state index in [1.54, 1.807) is 18.2 Å². The van der Waals surface area contributed by atoms with Crippen molar-refractivity contribution in [1.29, 1.82) is 0 Å².